The van der Waals surface area contributed by atoms with Crippen LogP contribution in [0, 0.1) is 6.92 Å². The lowest BCUT2D eigenvalue weighted by atomic mass is 10.1. The number of rotatable bonds is 4. The molecule has 2 amide bonds. The first-order valence-electron chi connectivity index (χ1n) is 9.03. The summed E-state index contributed by atoms with van der Waals surface area (Å²) < 4.78 is 7.03. The van der Waals surface area contributed by atoms with Gasteiger partial charge in [-0.1, -0.05) is 57.5 Å². The molecule has 0 saturated carbocycles. The minimum absolute atomic E-state index is 0.215. The molecule has 1 saturated heterocycles. The lowest BCUT2D eigenvalue weighted by Crippen LogP contribution is -2.44. The van der Waals surface area contributed by atoms with Crippen LogP contribution in [0.5, 0.6) is 0 Å². The lowest BCUT2D eigenvalue weighted by Gasteiger charge is -2.16. The number of hydrazine groups is 1. The van der Waals surface area contributed by atoms with Gasteiger partial charge in [0.05, 0.1) is 15.5 Å². The zero-order chi connectivity index (χ0) is 22.1. The quantitative estimate of drug-likeness (QED) is 0.319. The molecule has 1 aliphatic rings. The van der Waals surface area contributed by atoms with Crippen molar-refractivity contribution in [3.05, 3.63) is 85.9 Å². The van der Waals surface area contributed by atoms with Gasteiger partial charge in [-0.3, -0.25) is 15.0 Å². The van der Waals surface area contributed by atoms with E-state index in [1.54, 1.807) is 30.3 Å². The van der Waals surface area contributed by atoms with E-state index >= 15 is 0 Å². The molecule has 9 heteroatoms. The maximum absolute atomic E-state index is 12.8. The zero-order valence-corrected chi connectivity index (χ0v) is 20.0. The molecule has 0 spiro atoms. The van der Waals surface area contributed by atoms with Crippen molar-refractivity contribution in [2.24, 2.45) is 0 Å². The summed E-state index contributed by atoms with van der Waals surface area (Å²) in [4.78, 5) is 25.7. The molecule has 2 heterocycles. The SMILES string of the molecule is Cc1ccc(C(=O)NN2C(=O)/C(=C\c3ccc(-c4ccc(Br)cc4)o3)SC2=S)c(Cl)c1. The monoisotopic (exact) mass is 532 g/mol. The summed E-state index contributed by atoms with van der Waals surface area (Å²) in [6.07, 6.45) is 1.60. The van der Waals surface area contributed by atoms with E-state index in [9.17, 15) is 9.59 Å². The Morgan fingerprint density at radius 1 is 1.19 bits per heavy atom. The van der Waals surface area contributed by atoms with Crippen LogP contribution in [0.15, 0.2) is 68.4 Å². The van der Waals surface area contributed by atoms with Crippen molar-refractivity contribution in [1.29, 1.82) is 0 Å². The van der Waals surface area contributed by atoms with Gasteiger partial charge in [0, 0.05) is 16.1 Å². The van der Waals surface area contributed by atoms with Crippen molar-refractivity contribution in [2.45, 2.75) is 6.92 Å². The highest BCUT2D eigenvalue weighted by Gasteiger charge is 2.34. The number of halogens is 2. The van der Waals surface area contributed by atoms with Gasteiger partial charge < -0.3 is 4.42 Å². The second-order valence-electron chi connectivity index (χ2n) is 6.65. The largest absolute Gasteiger partial charge is 0.457 e. The van der Waals surface area contributed by atoms with Crippen molar-refractivity contribution >= 4 is 73.7 Å². The standard InChI is InChI=1S/C22H14BrClN2O3S2/c1-12-2-8-16(17(24)10-12)20(27)25-26-21(28)19(31-22(26)30)11-15-7-9-18(29-15)13-3-5-14(23)6-4-13/h2-11H,1H3,(H,25,27)/b19-11+. The van der Waals surface area contributed by atoms with Crippen LogP contribution in [0.25, 0.3) is 17.4 Å². The summed E-state index contributed by atoms with van der Waals surface area (Å²) in [6.45, 7) is 1.87. The van der Waals surface area contributed by atoms with Crippen LogP contribution in [0.3, 0.4) is 0 Å². The van der Waals surface area contributed by atoms with E-state index in [2.05, 4.69) is 21.4 Å². The number of nitrogens with one attached hydrogen (secondary N) is 1. The Hall–Kier alpha value is -2.39. The van der Waals surface area contributed by atoms with Crippen LogP contribution in [0.2, 0.25) is 5.02 Å². The molecule has 156 valence electrons. The molecule has 1 aliphatic heterocycles. The molecule has 2 aromatic carbocycles. The van der Waals surface area contributed by atoms with Gasteiger partial charge in [-0.05, 0) is 61.1 Å². The normalized spacial score (nSPS) is 15.1. The first kappa shape index (κ1) is 21.8. The zero-order valence-electron chi connectivity index (χ0n) is 16.0. The number of amides is 2. The highest BCUT2D eigenvalue weighted by atomic mass is 79.9. The molecule has 0 radical (unpaired) electrons. The van der Waals surface area contributed by atoms with E-state index in [4.69, 9.17) is 28.2 Å². The first-order chi connectivity index (χ1) is 14.8. The Labute approximate surface area is 201 Å². The molecule has 5 nitrogen and oxygen atoms in total. The molecule has 1 fully saturated rings. The van der Waals surface area contributed by atoms with Crippen LogP contribution in [-0.4, -0.2) is 21.1 Å². The second kappa shape index (κ2) is 9.00. The van der Waals surface area contributed by atoms with E-state index < -0.39 is 11.8 Å². The van der Waals surface area contributed by atoms with Crippen molar-refractivity contribution in [3.63, 3.8) is 0 Å². The van der Waals surface area contributed by atoms with Gasteiger partial charge in [-0.25, -0.2) is 0 Å². The van der Waals surface area contributed by atoms with Crippen LogP contribution >= 0.6 is 51.5 Å². The predicted octanol–water partition coefficient (Wildman–Crippen LogP) is 6.22. The average Bonchev–Trinajstić information content (AvgIpc) is 3.29. The van der Waals surface area contributed by atoms with Gasteiger partial charge in [-0.15, -0.1) is 0 Å². The number of thiocarbonyl (C=S) groups is 1. The number of benzene rings is 2. The van der Waals surface area contributed by atoms with Crippen molar-refractivity contribution in [2.75, 3.05) is 0 Å². The maximum atomic E-state index is 12.8. The van der Waals surface area contributed by atoms with Crippen molar-refractivity contribution in [3.8, 4) is 11.3 Å². The number of furan rings is 1. The number of hydrogen-bond acceptors (Lipinski definition) is 5. The molecular weight excluding hydrogens is 520 g/mol. The minimum atomic E-state index is -0.516. The predicted molar refractivity (Wildman–Crippen MR) is 131 cm³/mol. The number of thioether (sulfide) groups is 1. The molecule has 1 N–H and O–H groups in total. The number of aryl methyl sites for hydroxylation is 1. The molecule has 31 heavy (non-hydrogen) atoms. The van der Waals surface area contributed by atoms with Gasteiger partial charge in [-0.2, -0.15) is 5.01 Å². The minimum Gasteiger partial charge on any atom is -0.457 e. The second-order valence-corrected chi connectivity index (χ2v) is 9.65. The Balaban J connectivity index is 1.51. The third-order valence-corrected chi connectivity index (χ3v) is 6.55. The van der Waals surface area contributed by atoms with Crippen LogP contribution in [-0.2, 0) is 4.79 Å². The number of carbonyl (C=O) groups is 2. The Morgan fingerprint density at radius 3 is 2.65 bits per heavy atom. The average molecular weight is 534 g/mol. The van der Waals surface area contributed by atoms with Gasteiger partial charge in [0.25, 0.3) is 11.8 Å². The lowest BCUT2D eigenvalue weighted by molar-refractivity contribution is -0.123. The summed E-state index contributed by atoms with van der Waals surface area (Å²) in [5.41, 5.74) is 4.63. The Morgan fingerprint density at radius 2 is 1.94 bits per heavy atom. The van der Waals surface area contributed by atoms with Crippen LogP contribution in [0.4, 0.5) is 0 Å². The third-order valence-electron chi connectivity index (χ3n) is 4.41. The number of nitrogens with zero attached hydrogens (tertiary/aromatic N) is 1. The van der Waals surface area contributed by atoms with E-state index in [0.29, 0.717) is 21.4 Å². The van der Waals surface area contributed by atoms with Crippen LogP contribution in [0.1, 0.15) is 21.7 Å². The van der Waals surface area contributed by atoms with E-state index in [-0.39, 0.29) is 9.88 Å². The van der Waals surface area contributed by atoms with Gasteiger partial charge >= 0.3 is 0 Å². The first-order valence-corrected chi connectivity index (χ1v) is 11.4. The smallest absolute Gasteiger partial charge is 0.285 e. The number of carbonyl (C=O) groups excluding carboxylic acids is 2. The third kappa shape index (κ3) is 4.77. The fourth-order valence-electron chi connectivity index (χ4n) is 2.86. The summed E-state index contributed by atoms with van der Waals surface area (Å²) in [5.74, 6) is 0.231. The Bertz CT molecular complexity index is 1240. The molecular formula is C22H14BrClN2O3S2. The number of hydrogen-bond donors (Lipinski definition) is 1. The van der Waals surface area contributed by atoms with Crippen molar-refractivity contribution < 1.29 is 14.0 Å². The molecule has 1 aromatic heterocycles. The van der Waals surface area contributed by atoms with Gasteiger partial charge in [0.2, 0.25) is 0 Å². The molecule has 4 rings (SSSR count). The van der Waals surface area contributed by atoms with Crippen molar-refractivity contribution in [1.82, 2.24) is 10.4 Å². The van der Waals surface area contributed by atoms with Gasteiger partial charge in [0.15, 0.2) is 4.32 Å². The molecule has 0 unspecified atom stereocenters. The van der Waals surface area contributed by atoms with E-state index in [0.717, 1.165) is 32.4 Å². The summed E-state index contributed by atoms with van der Waals surface area (Å²) in [7, 11) is 0. The highest BCUT2D eigenvalue weighted by molar-refractivity contribution is 9.10. The molecule has 0 aliphatic carbocycles. The summed E-state index contributed by atoms with van der Waals surface area (Å²) in [6, 6.07) is 16.4. The van der Waals surface area contributed by atoms with Crippen LogP contribution < -0.4 is 5.43 Å². The fourth-order valence-corrected chi connectivity index (χ4v) is 4.60. The van der Waals surface area contributed by atoms with Gasteiger partial charge in [0.1, 0.15) is 11.5 Å². The van der Waals surface area contributed by atoms with E-state index in [1.165, 1.54) is 0 Å². The molecule has 3 aromatic rings. The Kier molecular flexibility index (Phi) is 6.34. The summed E-state index contributed by atoms with van der Waals surface area (Å²) in [5, 5.41) is 1.35. The summed E-state index contributed by atoms with van der Waals surface area (Å²) >= 11 is 15.9. The maximum Gasteiger partial charge on any atom is 0.285 e. The molecule has 0 atom stereocenters. The highest BCUT2D eigenvalue weighted by Crippen LogP contribution is 2.33. The topological polar surface area (TPSA) is 62.6 Å². The fraction of sp³-hybridized carbons (Fsp3) is 0.0455. The molecule has 0 bridgehead atoms. The van der Waals surface area contributed by atoms with E-state index in [1.807, 2.05) is 37.3 Å².